The molecule has 0 heterocycles. The van der Waals surface area contributed by atoms with Crippen molar-refractivity contribution in [2.75, 3.05) is 5.32 Å². The topological polar surface area (TPSA) is 29.1 Å². The molecule has 1 amide bonds. The Kier molecular flexibility index (Phi) is 4.26. The Hall–Kier alpha value is -1.02. The van der Waals surface area contributed by atoms with Crippen molar-refractivity contribution in [2.45, 2.75) is 39.5 Å². The van der Waals surface area contributed by atoms with Gasteiger partial charge in [-0.3, -0.25) is 4.79 Å². The van der Waals surface area contributed by atoms with E-state index in [-0.39, 0.29) is 11.8 Å². The van der Waals surface area contributed by atoms with Gasteiger partial charge in [0.15, 0.2) is 0 Å². The summed E-state index contributed by atoms with van der Waals surface area (Å²) in [5, 5.41) is 3.72. The first-order valence-electron chi connectivity index (χ1n) is 8.09. The van der Waals surface area contributed by atoms with E-state index in [1.807, 2.05) is 24.3 Å². The molecule has 0 bridgehead atoms. The minimum absolute atomic E-state index is 0.0987. The highest BCUT2D eigenvalue weighted by Gasteiger charge is 2.42. The standard InChI is InChI=1S/C18H24ClNO/c1-11-7-14-9-13(10-15(14)8-11)12(2)18(21)20-17-5-3-16(19)4-6-17/h3-6,11-15H,7-10H2,1-2H3,(H,20,21)/t11?,12-,13?,14-,15+/m1/s1. The molecule has 0 aromatic heterocycles. The third-order valence-corrected chi connectivity index (χ3v) is 5.77. The minimum atomic E-state index is 0.0987. The van der Waals surface area contributed by atoms with Gasteiger partial charge in [-0.1, -0.05) is 25.4 Å². The van der Waals surface area contributed by atoms with Crippen LogP contribution >= 0.6 is 11.6 Å². The average molecular weight is 306 g/mol. The molecule has 2 nitrogen and oxygen atoms in total. The van der Waals surface area contributed by atoms with Gasteiger partial charge >= 0.3 is 0 Å². The third-order valence-electron chi connectivity index (χ3n) is 5.52. The SMILES string of the molecule is CC1C[C@@H]2CC([C@@H](C)C(=O)Nc3ccc(Cl)cc3)C[C@@H]2C1. The lowest BCUT2D eigenvalue weighted by Crippen LogP contribution is -2.26. The number of hydrogen-bond acceptors (Lipinski definition) is 1. The van der Waals surface area contributed by atoms with Gasteiger partial charge in [-0.2, -0.15) is 0 Å². The molecule has 2 fully saturated rings. The van der Waals surface area contributed by atoms with Crippen molar-refractivity contribution in [1.82, 2.24) is 0 Å². The normalized spacial score (nSPS) is 32.7. The van der Waals surface area contributed by atoms with E-state index in [1.54, 1.807) is 0 Å². The van der Waals surface area contributed by atoms with Gasteiger partial charge in [0.2, 0.25) is 5.91 Å². The van der Waals surface area contributed by atoms with Crippen LogP contribution in [0.2, 0.25) is 5.02 Å². The van der Waals surface area contributed by atoms with Gasteiger partial charge in [0, 0.05) is 16.6 Å². The lowest BCUT2D eigenvalue weighted by atomic mass is 9.88. The Morgan fingerprint density at radius 3 is 2.29 bits per heavy atom. The monoisotopic (exact) mass is 305 g/mol. The Labute approximate surface area is 132 Å². The fourth-order valence-corrected chi connectivity index (χ4v) is 4.50. The maximum Gasteiger partial charge on any atom is 0.227 e. The van der Waals surface area contributed by atoms with Crippen LogP contribution < -0.4 is 5.32 Å². The van der Waals surface area contributed by atoms with Gasteiger partial charge in [-0.05, 0) is 73.6 Å². The largest absolute Gasteiger partial charge is 0.326 e. The number of amides is 1. The molecule has 5 atom stereocenters. The lowest BCUT2D eigenvalue weighted by Gasteiger charge is -2.20. The molecule has 0 radical (unpaired) electrons. The number of benzene rings is 1. The van der Waals surface area contributed by atoms with Crippen LogP contribution in [0.1, 0.15) is 39.5 Å². The molecule has 1 aromatic carbocycles. The fourth-order valence-electron chi connectivity index (χ4n) is 4.38. The summed E-state index contributed by atoms with van der Waals surface area (Å²) in [5.74, 6) is 3.43. The number of carbonyl (C=O) groups excluding carboxylic acids is 1. The quantitative estimate of drug-likeness (QED) is 0.837. The predicted molar refractivity (Wildman–Crippen MR) is 87.3 cm³/mol. The van der Waals surface area contributed by atoms with Crippen molar-refractivity contribution in [3.63, 3.8) is 0 Å². The predicted octanol–water partition coefficient (Wildman–Crippen LogP) is 4.99. The molecule has 114 valence electrons. The number of rotatable bonds is 3. The van der Waals surface area contributed by atoms with Crippen LogP contribution in [0.4, 0.5) is 5.69 Å². The van der Waals surface area contributed by atoms with Crippen molar-refractivity contribution in [3.05, 3.63) is 29.3 Å². The van der Waals surface area contributed by atoms with Gasteiger partial charge < -0.3 is 5.32 Å². The van der Waals surface area contributed by atoms with Gasteiger partial charge in [0.05, 0.1) is 0 Å². The highest BCUT2D eigenvalue weighted by atomic mass is 35.5. The van der Waals surface area contributed by atoms with E-state index in [9.17, 15) is 4.79 Å². The molecule has 21 heavy (non-hydrogen) atoms. The highest BCUT2D eigenvalue weighted by molar-refractivity contribution is 6.30. The number of nitrogens with one attached hydrogen (secondary N) is 1. The fraction of sp³-hybridized carbons (Fsp3) is 0.611. The summed E-state index contributed by atoms with van der Waals surface area (Å²) in [7, 11) is 0. The van der Waals surface area contributed by atoms with Crippen molar-refractivity contribution >= 4 is 23.2 Å². The molecular weight excluding hydrogens is 282 g/mol. The van der Waals surface area contributed by atoms with Crippen molar-refractivity contribution in [3.8, 4) is 0 Å². The minimum Gasteiger partial charge on any atom is -0.326 e. The number of carbonyl (C=O) groups is 1. The van der Waals surface area contributed by atoms with E-state index in [2.05, 4.69) is 19.2 Å². The number of hydrogen-bond donors (Lipinski definition) is 1. The summed E-state index contributed by atoms with van der Waals surface area (Å²) in [4.78, 5) is 12.4. The zero-order valence-electron chi connectivity index (χ0n) is 12.8. The molecule has 1 aromatic rings. The van der Waals surface area contributed by atoms with Crippen LogP contribution in [-0.4, -0.2) is 5.91 Å². The zero-order chi connectivity index (χ0) is 15.0. The molecule has 3 heteroatoms. The van der Waals surface area contributed by atoms with E-state index in [0.717, 1.165) is 23.4 Å². The smallest absolute Gasteiger partial charge is 0.227 e. The van der Waals surface area contributed by atoms with E-state index in [0.29, 0.717) is 10.9 Å². The molecule has 0 aliphatic heterocycles. The van der Waals surface area contributed by atoms with E-state index in [4.69, 9.17) is 11.6 Å². The van der Waals surface area contributed by atoms with E-state index in [1.165, 1.54) is 25.7 Å². The van der Waals surface area contributed by atoms with Gasteiger partial charge in [-0.25, -0.2) is 0 Å². The second-order valence-electron chi connectivity index (χ2n) is 7.11. The Bertz CT molecular complexity index is 498. The molecule has 2 unspecified atom stereocenters. The molecule has 2 saturated carbocycles. The number of fused-ring (bicyclic) bond motifs is 1. The van der Waals surface area contributed by atoms with Crippen molar-refractivity contribution in [2.24, 2.45) is 29.6 Å². The summed E-state index contributed by atoms with van der Waals surface area (Å²) >= 11 is 5.87. The first-order valence-corrected chi connectivity index (χ1v) is 8.47. The Morgan fingerprint density at radius 1 is 1.14 bits per heavy atom. The summed E-state index contributed by atoms with van der Waals surface area (Å²) in [6.45, 7) is 4.45. The Balaban J connectivity index is 1.57. The summed E-state index contributed by atoms with van der Waals surface area (Å²) in [6, 6.07) is 7.34. The molecule has 1 N–H and O–H groups in total. The van der Waals surface area contributed by atoms with Crippen LogP contribution in [0.25, 0.3) is 0 Å². The Morgan fingerprint density at radius 2 is 1.71 bits per heavy atom. The summed E-state index contributed by atoms with van der Waals surface area (Å²) < 4.78 is 0. The molecule has 2 aliphatic rings. The van der Waals surface area contributed by atoms with E-state index < -0.39 is 0 Å². The van der Waals surface area contributed by atoms with Crippen LogP contribution in [0.3, 0.4) is 0 Å². The molecular formula is C18H24ClNO. The number of anilines is 1. The van der Waals surface area contributed by atoms with Crippen LogP contribution in [0, 0.1) is 29.6 Å². The second-order valence-corrected chi connectivity index (χ2v) is 7.55. The maximum atomic E-state index is 12.4. The van der Waals surface area contributed by atoms with Crippen LogP contribution in [-0.2, 0) is 4.79 Å². The van der Waals surface area contributed by atoms with Crippen LogP contribution in [0.5, 0.6) is 0 Å². The van der Waals surface area contributed by atoms with Crippen LogP contribution in [0.15, 0.2) is 24.3 Å². The molecule has 0 saturated heterocycles. The third kappa shape index (κ3) is 3.26. The van der Waals surface area contributed by atoms with Gasteiger partial charge in [-0.15, -0.1) is 0 Å². The van der Waals surface area contributed by atoms with Gasteiger partial charge in [0.1, 0.15) is 0 Å². The molecule has 2 aliphatic carbocycles. The molecule has 0 spiro atoms. The zero-order valence-corrected chi connectivity index (χ0v) is 13.6. The first-order chi connectivity index (χ1) is 10.0. The number of halogens is 1. The maximum absolute atomic E-state index is 12.4. The lowest BCUT2D eigenvalue weighted by molar-refractivity contribution is -0.120. The van der Waals surface area contributed by atoms with E-state index >= 15 is 0 Å². The molecule has 3 rings (SSSR count). The van der Waals surface area contributed by atoms with Crippen molar-refractivity contribution < 1.29 is 4.79 Å². The average Bonchev–Trinajstić information content (AvgIpc) is 2.97. The van der Waals surface area contributed by atoms with Gasteiger partial charge in [0.25, 0.3) is 0 Å². The first kappa shape index (κ1) is 14.9. The summed E-state index contributed by atoms with van der Waals surface area (Å²) in [5.41, 5.74) is 0.836. The highest BCUT2D eigenvalue weighted by Crippen LogP contribution is 2.51. The second kappa shape index (κ2) is 6.00. The van der Waals surface area contributed by atoms with Crippen molar-refractivity contribution in [1.29, 1.82) is 0 Å². The summed E-state index contributed by atoms with van der Waals surface area (Å²) in [6.07, 6.45) is 5.22.